The van der Waals surface area contributed by atoms with Crippen LogP contribution in [0.15, 0.2) is 76.5 Å². The molecule has 5 rings (SSSR count). The average Bonchev–Trinajstić information content (AvgIpc) is 2.97. The Hall–Kier alpha value is -3.71. The third-order valence-electron chi connectivity index (χ3n) is 7.36. The lowest BCUT2D eigenvalue weighted by Crippen LogP contribution is -2.39. The molecule has 1 fully saturated rings. The fourth-order valence-corrected chi connectivity index (χ4v) is 6.29. The minimum atomic E-state index is -0.105. The summed E-state index contributed by atoms with van der Waals surface area (Å²) in [5.74, 6) is 1.82. The summed E-state index contributed by atoms with van der Waals surface area (Å²) in [5, 5.41) is 0. The van der Waals surface area contributed by atoms with Crippen molar-refractivity contribution < 1.29 is 19.1 Å². The van der Waals surface area contributed by atoms with Crippen LogP contribution >= 0.6 is 11.8 Å². The van der Waals surface area contributed by atoms with E-state index >= 15 is 0 Å². The summed E-state index contributed by atoms with van der Waals surface area (Å²) in [5.41, 5.74) is 3.60. The number of carbonyl (C=O) groups is 2. The summed E-state index contributed by atoms with van der Waals surface area (Å²) in [6, 6.07) is 21.9. The first-order chi connectivity index (χ1) is 19.0. The maximum absolute atomic E-state index is 13.4. The molecule has 0 radical (unpaired) electrons. The van der Waals surface area contributed by atoms with Gasteiger partial charge in [-0.25, -0.2) is 0 Å². The van der Waals surface area contributed by atoms with Crippen LogP contribution in [0.4, 0.5) is 5.69 Å². The summed E-state index contributed by atoms with van der Waals surface area (Å²) < 4.78 is 11.1. The van der Waals surface area contributed by atoms with Crippen molar-refractivity contribution in [1.29, 1.82) is 0 Å². The normalized spacial score (nSPS) is 16.8. The first-order valence-corrected chi connectivity index (χ1v) is 14.2. The van der Waals surface area contributed by atoms with Crippen molar-refractivity contribution in [2.45, 2.75) is 31.1 Å². The molecule has 3 aromatic rings. The van der Waals surface area contributed by atoms with Crippen molar-refractivity contribution in [3.63, 3.8) is 0 Å². The van der Waals surface area contributed by atoms with Crippen LogP contribution in [0.25, 0.3) is 6.08 Å². The van der Waals surface area contributed by atoms with Gasteiger partial charge in [0.05, 0.1) is 24.3 Å². The number of thioether (sulfide) groups is 1. The van der Waals surface area contributed by atoms with E-state index in [0.717, 1.165) is 48.5 Å². The van der Waals surface area contributed by atoms with Gasteiger partial charge in [0.1, 0.15) is 0 Å². The number of carbonyl (C=O) groups excluding carboxylic acids is 2. The molecular formula is C32H34N2O4S. The number of piperidine rings is 1. The van der Waals surface area contributed by atoms with Crippen LogP contribution in [0.2, 0.25) is 0 Å². The van der Waals surface area contributed by atoms with Gasteiger partial charge in [0.15, 0.2) is 11.5 Å². The largest absolute Gasteiger partial charge is 0.493 e. The van der Waals surface area contributed by atoms with E-state index in [2.05, 4.69) is 24.3 Å². The number of nitrogens with zero attached hydrogens (tertiary/aromatic N) is 2. The van der Waals surface area contributed by atoms with Gasteiger partial charge in [-0.1, -0.05) is 48.2 Å². The summed E-state index contributed by atoms with van der Waals surface area (Å²) in [6.45, 7) is 3.99. The van der Waals surface area contributed by atoms with Crippen LogP contribution in [0, 0.1) is 5.92 Å². The zero-order valence-electron chi connectivity index (χ0n) is 22.7. The zero-order valence-corrected chi connectivity index (χ0v) is 23.5. The van der Waals surface area contributed by atoms with Crippen LogP contribution in [0.3, 0.4) is 0 Å². The molecule has 0 bridgehead atoms. The van der Waals surface area contributed by atoms with E-state index in [9.17, 15) is 9.59 Å². The Bertz CT molecular complexity index is 1380. The van der Waals surface area contributed by atoms with E-state index in [4.69, 9.17) is 9.47 Å². The van der Waals surface area contributed by atoms with Crippen molar-refractivity contribution in [1.82, 2.24) is 4.90 Å². The molecule has 3 aromatic carbocycles. The predicted molar refractivity (Wildman–Crippen MR) is 157 cm³/mol. The molecule has 1 saturated heterocycles. The SMILES string of the molecule is CCOc1ccc(C=C2Sc3ccc(C(=O)N4CCC(Cc5ccccc5)CC4)cc3N(C)C2=O)cc1OC. The Morgan fingerprint density at radius 3 is 2.51 bits per heavy atom. The monoisotopic (exact) mass is 542 g/mol. The predicted octanol–water partition coefficient (Wildman–Crippen LogP) is 6.30. The van der Waals surface area contributed by atoms with E-state index in [1.54, 1.807) is 19.1 Å². The molecule has 2 aliphatic heterocycles. The second-order valence-electron chi connectivity index (χ2n) is 9.93. The number of methoxy groups -OCH3 is 1. The fourth-order valence-electron chi connectivity index (χ4n) is 5.20. The Kier molecular flexibility index (Phi) is 8.27. The average molecular weight is 543 g/mol. The molecule has 0 aliphatic carbocycles. The number of ether oxygens (including phenoxy) is 2. The van der Waals surface area contributed by atoms with Crippen LogP contribution in [0.5, 0.6) is 11.5 Å². The summed E-state index contributed by atoms with van der Waals surface area (Å²) in [6.07, 6.45) is 4.93. The number of hydrogen-bond donors (Lipinski definition) is 0. The number of anilines is 1. The van der Waals surface area contributed by atoms with E-state index in [1.165, 1.54) is 17.3 Å². The first-order valence-electron chi connectivity index (χ1n) is 13.4. The molecule has 0 aromatic heterocycles. The Morgan fingerprint density at radius 1 is 1.03 bits per heavy atom. The number of hydrogen-bond acceptors (Lipinski definition) is 5. The third-order valence-corrected chi connectivity index (χ3v) is 8.43. The maximum Gasteiger partial charge on any atom is 0.264 e. The number of likely N-dealkylation sites (tertiary alicyclic amines) is 1. The zero-order chi connectivity index (χ0) is 27.4. The molecule has 2 heterocycles. The highest BCUT2D eigenvalue weighted by Crippen LogP contribution is 2.42. The second-order valence-corrected chi connectivity index (χ2v) is 11.0. The fraction of sp³-hybridized carbons (Fsp3) is 0.312. The quantitative estimate of drug-likeness (QED) is 0.328. The highest BCUT2D eigenvalue weighted by atomic mass is 32.2. The van der Waals surface area contributed by atoms with Gasteiger partial charge in [-0.3, -0.25) is 9.59 Å². The van der Waals surface area contributed by atoms with Crippen molar-refractivity contribution in [3.05, 3.63) is 88.3 Å². The van der Waals surface area contributed by atoms with E-state index in [-0.39, 0.29) is 11.8 Å². The molecule has 0 unspecified atom stereocenters. The minimum Gasteiger partial charge on any atom is -0.493 e. The molecular weight excluding hydrogens is 508 g/mol. The molecule has 0 N–H and O–H groups in total. The van der Waals surface area contributed by atoms with Gasteiger partial charge in [0.2, 0.25) is 0 Å². The van der Waals surface area contributed by atoms with Crippen LogP contribution in [0.1, 0.15) is 41.3 Å². The third kappa shape index (κ3) is 5.98. The van der Waals surface area contributed by atoms with Gasteiger partial charge >= 0.3 is 0 Å². The highest BCUT2D eigenvalue weighted by molar-refractivity contribution is 8.04. The molecule has 0 spiro atoms. The maximum atomic E-state index is 13.4. The number of likely N-dealkylation sites (N-methyl/N-ethyl adjacent to an activating group) is 1. The van der Waals surface area contributed by atoms with Gasteiger partial charge in [0.25, 0.3) is 11.8 Å². The molecule has 2 aliphatic rings. The molecule has 0 atom stereocenters. The molecule has 0 saturated carbocycles. The van der Waals surface area contributed by atoms with Gasteiger partial charge in [0, 0.05) is 30.6 Å². The highest BCUT2D eigenvalue weighted by Gasteiger charge is 2.29. The van der Waals surface area contributed by atoms with Crippen molar-refractivity contribution in [2.24, 2.45) is 5.92 Å². The van der Waals surface area contributed by atoms with E-state index in [0.29, 0.717) is 34.5 Å². The molecule has 6 nitrogen and oxygen atoms in total. The van der Waals surface area contributed by atoms with Gasteiger partial charge in [-0.2, -0.15) is 0 Å². The van der Waals surface area contributed by atoms with Crippen molar-refractivity contribution in [3.8, 4) is 11.5 Å². The van der Waals surface area contributed by atoms with E-state index in [1.807, 2.05) is 60.4 Å². The van der Waals surface area contributed by atoms with Crippen LogP contribution in [-0.4, -0.2) is 50.6 Å². The Morgan fingerprint density at radius 2 is 1.79 bits per heavy atom. The smallest absolute Gasteiger partial charge is 0.264 e. The molecule has 2 amide bonds. The van der Waals surface area contributed by atoms with Gasteiger partial charge < -0.3 is 19.3 Å². The second kappa shape index (κ2) is 12.0. The molecule has 7 heteroatoms. The van der Waals surface area contributed by atoms with E-state index < -0.39 is 0 Å². The number of rotatable bonds is 7. The lowest BCUT2D eigenvalue weighted by molar-refractivity contribution is -0.114. The van der Waals surface area contributed by atoms with Gasteiger partial charge in [-0.05, 0) is 79.6 Å². The lowest BCUT2D eigenvalue weighted by Gasteiger charge is -2.33. The van der Waals surface area contributed by atoms with Gasteiger partial charge in [-0.15, -0.1) is 0 Å². The minimum absolute atomic E-state index is 0.0321. The number of amides is 2. The van der Waals surface area contributed by atoms with Crippen LogP contribution in [-0.2, 0) is 11.2 Å². The first kappa shape index (κ1) is 26.9. The standard InChI is InChI=1S/C32H34N2O4S/c1-4-38-27-12-10-24(19-28(27)37-3)20-30-32(36)33(2)26-21-25(11-13-29(26)39-30)31(35)34-16-14-23(15-17-34)18-22-8-6-5-7-9-22/h5-13,19-21,23H,4,14-18H2,1-3H3. The van der Waals surface area contributed by atoms with Crippen LogP contribution < -0.4 is 14.4 Å². The summed E-state index contributed by atoms with van der Waals surface area (Å²) in [4.78, 5) is 31.8. The summed E-state index contributed by atoms with van der Waals surface area (Å²) >= 11 is 1.42. The number of benzene rings is 3. The molecule has 39 heavy (non-hydrogen) atoms. The Balaban J connectivity index is 1.28. The molecule has 202 valence electrons. The van der Waals surface area contributed by atoms with Crippen molar-refractivity contribution >= 4 is 35.3 Å². The number of fused-ring (bicyclic) bond motifs is 1. The van der Waals surface area contributed by atoms with Crippen molar-refractivity contribution in [2.75, 3.05) is 38.8 Å². The lowest BCUT2D eigenvalue weighted by atomic mass is 9.90. The topological polar surface area (TPSA) is 59.1 Å². The Labute approximate surface area is 234 Å². The summed E-state index contributed by atoms with van der Waals surface area (Å²) in [7, 11) is 3.36.